The van der Waals surface area contributed by atoms with Crippen molar-refractivity contribution in [3.63, 3.8) is 0 Å². The number of carbonyl (C=O) groups is 3. The average molecular weight is 306 g/mol. The van der Waals surface area contributed by atoms with Gasteiger partial charge in [-0.2, -0.15) is 0 Å². The molecule has 0 aromatic carbocycles. The van der Waals surface area contributed by atoms with Crippen molar-refractivity contribution in [2.24, 2.45) is 0 Å². The fraction of sp³-hybridized carbons (Fsp3) is 0.750. The van der Waals surface area contributed by atoms with Crippen LogP contribution in [-0.2, 0) is 25.2 Å². The maximum atomic E-state index is 11.7. The third kappa shape index (κ3) is 7.88. The van der Waals surface area contributed by atoms with Crippen LogP contribution in [0, 0.1) is 0 Å². The standard InChI is InChI=1S/C12H22N2O5S/c1-4-9(5-2)14-11(16)7-20(19)6-10(12(17)18)13-8(3)15/h9-10H,4-7H2,1-3H3,(H,13,15)(H,14,16)(H,17,18)/t10-,20?/m0/s1. The fourth-order valence-electron chi connectivity index (χ4n) is 1.57. The molecule has 0 bridgehead atoms. The maximum absolute atomic E-state index is 11.7. The Bertz CT molecular complexity index is 382. The van der Waals surface area contributed by atoms with Gasteiger partial charge in [0.25, 0.3) is 0 Å². The van der Waals surface area contributed by atoms with Gasteiger partial charge in [0.2, 0.25) is 11.8 Å². The van der Waals surface area contributed by atoms with Crippen LogP contribution in [0.5, 0.6) is 0 Å². The highest BCUT2D eigenvalue weighted by atomic mass is 32.2. The van der Waals surface area contributed by atoms with Crippen LogP contribution in [0.3, 0.4) is 0 Å². The van der Waals surface area contributed by atoms with Crippen molar-refractivity contribution in [3.05, 3.63) is 0 Å². The molecule has 7 nitrogen and oxygen atoms in total. The minimum atomic E-state index is -1.65. The van der Waals surface area contributed by atoms with Crippen LogP contribution in [0.2, 0.25) is 0 Å². The van der Waals surface area contributed by atoms with Crippen molar-refractivity contribution in [1.82, 2.24) is 10.6 Å². The predicted molar refractivity (Wildman–Crippen MR) is 75.6 cm³/mol. The van der Waals surface area contributed by atoms with E-state index in [2.05, 4.69) is 10.6 Å². The number of aliphatic carboxylic acids is 1. The molecule has 0 saturated carbocycles. The molecule has 20 heavy (non-hydrogen) atoms. The van der Waals surface area contributed by atoms with E-state index in [4.69, 9.17) is 5.11 Å². The molecule has 1 unspecified atom stereocenters. The number of hydrogen-bond donors (Lipinski definition) is 3. The Morgan fingerprint density at radius 1 is 1.15 bits per heavy atom. The molecule has 8 heteroatoms. The highest BCUT2D eigenvalue weighted by Crippen LogP contribution is 1.97. The van der Waals surface area contributed by atoms with Gasteiger partial charge in [0.1, 0.15) is 11.8 Å². The second-order valence-electron chi connectivity index (χ2n) is 4.42. The van der Waals surface area contributed by atoms with Crippen LogP contribution in [0.15, 0.2) is 0 Å². The lowest BCUT2D eigenvalue weighted by atomic mass is 10.2. The summed E-state index contributed by atoms with van der Waals surface area (Å²) in [5.41, 5.74) is 0. The average Bonchev–Trinajstić information content (AvgIpc) is 2.34. The second kappa shape index (κ2) is 9.46. The van der Waals surface area contributed by atoms with Crippen molar-refractivity contribution in [3.8, 4) is 0 Å². The Morgan fingerprint density at radius 3 is 2.10 bits per heavy atom. The third-order valence-corrected chi connectivity index (χ3v) is 3.96. The van der Waals surface area contributed by atoms with Crippen LogP contribution in [-0.4, -0.2) is 50.7 Å². The molecule has 0 fully saturated rings. The molecular weight excluding hydrogens is 284 g/mol. The molecule has 0 aliphatic heterocycles. The summed E-state index contributed by atoms with van der Waals surface area (Å²) < 4.78 is 11.7. The first-order chi connectivity index (χ1) is 9.29. The summed E-state index contributed by atoms with van der Waals surface area (Å²) >= 11 is 0. The van der Waals surface area contributed by atoms with Gasteiger partial charge in [-0.1, -0.05) is 13.8 Å². The predicted octanol–water partition coefficient (Wildman–Crippen LogP) is -0.371. The number of rotatable bonds is 9. The molecule has 0 rings (SSSR count). The van der Waals surface area contributed by atoms with E-state index in [-0.39, 0.29) is 23.5 Å². The Kier molecular flexibility index (Phi) is 8.78. The van der Waals surface area contributed by atoms with Crippen LogP contribution in [0.1, 0.15) is 33.6 Å². The van der Waals surface area contributed by atoms with E-state index < -0.39 is 28.7 Å². The SMILES string of the molecule is CCC(CC)NC(=O)CS(=O)C[C@H](NC(C)=O)C(=O)O. The van der Waals surface area contributed by atoms with E-state index >= 15 is 0 Å². The molecule has 0 spiro atoms. The van der Waals surface area contributed by atoms with Gasteiger partial charge in [-0.05, 0) is 12.8 Å². The Morgan fingerprint density at radius 2 is 1.70 bits per heavy atom. The Hall–Kier alpha value is -1.44. The van der Waals surface area contributed by atoms with Crippen LogP contribution < -0.4 is 10.6 Å². The Labute approximate surface area is 121 Å². The molecule has 0 aromatic heterocycles. The summed E-state index contributed by atoms with van der Waals surface area (Å²) in [6.45, 7) is 5.05. The van der Waals surface area contributed by atoms with Crippen molar-refractivity contribution < 1.29 is 23.7 Å². The first-order valence-corrected chi connectivity index (χ1v) is 7.93. The normalized spacial score (nSPS) is 13.6. The van der Waals surface area contributed by atoms with E-state index in [1.807, 2.05) is 13.8 Å². The van der Waals surface area contributed by atoms with Crippen molar-refractivity contribution in [2.75, 3.05) is 11.5 Å². The quantitative estimate of drug-likeness (QED) is 0.538. The minimum absolute atomic E-state index is 0.0325. The largest absolute Gasteiger partial charge is 0.480 e. The first kappa shape index (κ1) is 18.6. The lowest BCUT2D eigenvalue weighted by Crippen LogP contribution is -2.45. The molecule has 0 radical (unpaired) electrons. The highest BCUT2D eigenvalue weighted by molar-refractivity contribution is 7.85. The highest BCUT2D eigenvalue weighted by Gasteiger charge is 2.22. The van der Waals surface area contributed by atoms with Gasteiger partial charge >= 0.3 is 5.97 Å². The van der Waals surface area contributed by atoms with Gasteiger partial charge < -0.3 is 15.7 Å². The van der Waals surface area contributed by atoms with Crippen LogP contribution >= 0.6 is 0 Å². The molecule has 0 heterocycles. The van der Waals surface area contributed by atoms with E-state index in [0.29, 0.717) is 0 Å². The smallest absolute Gasteiger partial charge is 0.327 e. The monoisotopic (exact) mass is 306 g/mol. The van der Waals surface area contributed by atoms with E-state index in [9.17, 15) is 18.6 Å². The fourth-order valence-corrected chi connectivity index (χ4v) is 2.66. The molecular formula is C12H22N2O5S. The zero-order chi connectivity index (χ0) is 15.7. The summed E-state index contributed by atoms with van der Waals surface area (Å²) in [5, 5.41) is 13.8. The summed E-state index contributed by atoms with van der Waals surface area (Å²) in [6, 6.07) is -1.21. The van der Waals surface area contributed by atoms with Gasteiger partial charge in [-0.25, -0.2) is 4.79 Å². The number of carboxylic acids is 1. The number of amides is 2. The summed E-state index contributed by atoms with van der Waals surface area (Å²) in [7, 11) is -1.65. The van der Waals surface area contributed by atoms with Crippen LogP contribution in [0.25, 0.3) is 0 Å². The van der Waals surface area contributed by atoms with Crippen molar-refractivity contribution >= 4 is 28.6 Å². The topological polar surface area (TPSA) is 113 Å². The minimum Gasteiger partial charge on any atom is -0.480 e. The zero-order valence-electron chi connectivity index (χ0n) is 12.0. The molecule has 2 amide bonds. The number of nitrogens with one attached hydrogen (secondary N) is 2. The lowest BCUT2D eigenvalue weighted by Gasteiger charge is -2.15. The number of carboxylic acid groups (broad SMARTS) is 1. The van der Waals surface area contributed by atoms with Crippen molar-refractivity contribution in [2.45, 2.75) is 45.7 Å². The van der Waals surface area contributed by atoms with Gasteiger partial charge in [0, 0.05) is 23.8 Å². The summed E-state index contributed by atoms with van der Waals surface area (Å²) in [6.07, 6.45) is 1.55. The third-order valence-electron chi connectivity index (χ3n) is 2.67. The zero-order valence-corrected chi connectivity index (χ0v) is 12.8. The van der Waals surface area contributed by atoms with Gasteiger partial charge in [0.05, 0.1) is 5.75 Å². The summed E-state index contributed by atoms with van der Waals surface area (Å²) in [4.78, 5) is 33.3. The molecule has 116 valence electrons. The number of carbonyl (C=O) groups excluding carboxylic acids is 2. The second-order valence-corrected chi connectivity index (χ2v) is 5.92. The van der Waals surface area contributed by atoms with E-state index in [0.717, 1.165) is 12.8 Å². The maximum Gasteiger partial charge on any atom is 0.327 e. The number of hydrogen-bond acceptors (Lipinski definition) is 4. The van der Waals surface area contributed by atoms with Gasteiger partial charge in [-0.15, -0.1) is 0 Å². The molecule has 0 aliphatic rings. The van der Waals surface area contributed by atoms with Gasteiger partial charge in [0.15, 0.2) is 0 Å². The molecule has 2 atom stereocenters. The van der Waals surface area contributed by atoms with E-state index in [1.54, 1.807) is 0 Å². The van der Waals surface area contributed by atoms with Gasteiger partial charge in [-0.3, -0.25) is 13.8 Å². The molecule has 0 aromatic rings. The van der Waals surface area contributed by atoms with Crippen LogP contribution in [0.4, 0.5) is 0 Å². The molecule has 0 saturated heterocycles. The first-order valence-electron chi connectivity index (χ1n) is 6.44. The molecule has 3 N–H and O–H groups in total. The van der Waals surface area contributed by atoms with Crippen molar-refractivity contribution in [1.29, 1.82) is 0 Å². The van der Waals surface area contributed by atoms with E-state index in [1.165, 1.54) is 6.92 Å². The molecule has 0 aliphatic carbocycles. The summed E-state index contributed by atoms with van der Waals surface area (Å²) in [5.74, 6) is -2.71. The Balaban J connectivity index is 4.35. The lowest BCUT2D eigenvalue weighted by molar-refractivity contribution is -0.140.